The third-order valence-corrected chi connectivity index (χ3v) is 2.68. The van der Waals surface area contributed by atoms with Gasteiger partial charge in [0.25, 0.3) is 0 Å². The molecule has 22 heavy (non-hydrogen) atoms. The minimum atomic E-state index is -1.04. The van der Waals surface area contributed by atoms with Crippen LogP contribution in [0.1, 0.15) is 20.8 Å². The van der Waals surface area contributed by atoms with Crippen LogP contribution in [0.3, 0.4) is 0 Å². The van der Waals surface area contributed by atoms with Crippen LogP contribution in [0.5, 0.6) is 11.5 Å². The average Bonchev–Trinajstić information content (AvgIpc) is 2.45. The summed E-state index contributed by atoms with van der Waals surface area (Å²) in [5.41, 5.74) is 0.249. The van der Waals surface area contributed by atoms with Gasteiger partial charge in [0.1, 0.15) is 17.2 Å². The molecular weight excluding hydrogens is 286 g/mol. The Hall–Kier alpha value is -2.44. The standard InChI is InChI=1S/C15H21N3O4/c1-15(2,3)17-10-11(18(19)20)9-16-13-7-6-12(21-4)8-14(13)22-5/h6-11H,1-5H3/p+1/t11-/m0/s1. The molecule has 0 heterocycles. The summed E-state index contributed by atoms with van der Waals surface area (Å²) in [6, 6.07) is 4.03. The van der Waals surface area contributed by atoms with E-state index < -0.39 is 11.0 Å². The highest BCUT2D eigenvalue weighted by Crippen LogP contribution is 2.31. The van der Waals surface area contributed by atoms with Crippen LogP contribution in [0.4, 0.5) is 5.69 Å². The second-order valence-electron chi connectivity index (χ2n) is 5.65. The van der Waals surface area contributed by atoms with E-state index in [1.54, 1.807) is 25.3 Å². The molecule has 0 aliphatic rings. The number of hydrogen-bond donors (Lipinski definition) is 1. The molecule has 1 atom stereocenters. The van der Waals surface area contributed by atoms with E-state index >= 15 is 0 Å². The first-order chi connectivity index (χ1) is 10.3. The molecular formula is C15H22N3O4+. The van der Waals surface area contributed by atoms with Crippen molar-refractivity contribution in [3.8, 4) is 11.5 Å². The maximum absolute atomic E-state index is 11.1. The van der Waals surface area contributed by atoms with Gasteiger partial charge in [-0.1, -0.05) is 0 Å². The molecule has 0 spiro atoms. The van der Waals surface area contributed by atoms with Crippen LogP contribution >= 0.6 is 0 Å². The number of aliphatic imine (C=N–C) groups is 1. The van der Waals surface area contributed by atoms with E-state index in [2.05, 4.69) is 9.98 Å². The highest BCUT2D eigenvalue weighted by Gasteiger charge is 2.21. The fourth-order valence-electron chi connectivity index (χ4n) is 1.54. The van der Waals surface area contributed by atoms with E-state index in [-0.39, 0.29) is 5.54 Å². The number of nitrogens with one attached hydrogen (secondary N) is 1. The van der Waals surface area contributed by atoms with Crippen LogP contribution in [-0.4, -0.2) is 43.2 Å². The van der Waals surface area contributed by atoms with Gasteiger partial charge < -0.3 is 9.47 Å². The van der Waals surface area contributed by atoms with Gasteiger partial charge in [-0.3, -0.25) is 10.1 Å². The summed E-state index contributed by atoms with van der Waals surface area (Å²) in [5.74, 6) is 1.11. The first kappa shape index (κ1) is 17.6. The molecule has 7 heteroatoms. The normalized spacial score (nSPS) is 13.5. The molecule has 0 amide bonds. The van der Waals surface area contributed by atoms with Gasteiger partial charge in [0.15, 0.2) is 5.54 Å². The van der Waals surface area contributed by atoms with Gasteiger partial charge in [0.2, 0.25) is 6.21 Å². The zero-order valence-corrected chi connectivity index (χ0v) is 13.5. The largest absolute Gasteiger partial charge is 0.497 e. The predicted octanol–water partition coefficient (Wildman–Crippen LogP) is 1.00. The lowest BCUT2D eigenvalue weighted by atomic mass is 10.1. The number of hydrogen-bond acceptors (Lipinski definition) is 5. The number of benzene rings is 1. The van der Waals surface area contributed by atoms with Gasteiger partial charge in [-0.15, -0.1) is 0 Å². The summed E-state index contributed by atoms with van der Waals surface area (Å²) in [4.78, 5) is 17.8. The topological polar surface area (TPSA) is 87.9 Å². The number of ether oxygens (including phenoxy) is 2. The Kier molecular flexibility index (Phi) is 6.03. The Balaban J connectivity index is 3.01. The fraction of sp³-hybridized carbons (Fsp3) is 0.467. The number of nitrogens with zero attached hydrogens (tertiary/aromatic N) is 2. The van der Waals surface area contributed by atoms with Gasteiger partial charge in [-0.2, -0.15) is 0 Å². The van der Waals surface area contributed by atoms with Crippen molar-refractivity contribution in [2.75, 3.05) is 14.2 Å². The average molecular weight is 308 g/mol. The molecule has 0 aromatic heterocycles. The van der Waals surface area contributed by atoms with Gasteiger partial charge in [-0.05, 0) is 32.9 Å². The highest BCUT2D eigenvalue weighted by molar-refractivity contribution is 5.85. The van der Waals surface area contributed by atoms with Crippen LogP contribution in [-0.2, 0) is 0 Å². The van der Waals surface area contributed by atoms with Crippen molar-refractivity contribution in [3.63, 3.8) is 0 Å². The molecule has 0 fully saturated rings. The lowest BCUT2D eigenvalue weighted by Gasteiger charge is -2.07. The highest BCUT2D eigenvalue weighted by atomic mass is 16.6. The Morgan fingerprint density at radius 1 is 1.32 bits per heavy atom. The Morgan fingerprint density at radius 2 is 2.00 bits per heavy atom. The molecule has 120 valence electrons. The molecule has 1 rings (SSSR count). The van der Waals surface area contributed by atoms with Crippen molar-refractivity contribution in [2.24, 2.45) is 4.99 Å². The summed E-state index contributed by atoms with van der Waals surface area (Å²) < 4.78 is 10.3. The van der Waals surface area contributed by atoms with E-state index in [9.17, 15) is 10.1 Å². The van der Waals surface area contributed by atoms with Crippen LogP contribution in [0.25, 0.3) is 0 Å². The monoisotopic (exact) mass is 308 g/mol. The summed E-state index contributed by atoms with van der Waals surface area (Å²) >= 11 is 0. The predicted molar refractivity (Wildman–Crippen MR) is 85.3 cm³/mol. The smallest absolute Gasteiger partial charge is 0.322 e. The second-order valence-corrected chi connectivity index (χ2v) is 5.65. The molecule has 1 aromatic carbocycles. The summed E-state index contributed by atoms with van der Waals surface area (Å²) in [5, 5.41) is 11.1. The third-order valence-electron chi connectivity index (χ3n) is 2.68. The van der Waals surface area contributed by atoms with E-state index in [1.807, 2.05) is 20.8 Å². The van der Waals surface area contributed by atoms with Crippen LogP contribution < -0.4 is 14.5 Å². The van der Waals surface area contributed by atoms with Crippen molar-refractivity contribution in [1.82, 2.24) is 0 Å². The lowest BCUT2D eigenvalue weighted by molar-refractivity contribution is -0.551. The van der Waals surface area contributed by atoms with Gasteiger partial charge >= 0.3 is 6.04 Å². The summed E-state index contributed by atoms with van der Waals surface area (Å²) in [6.45, 7) is 5.76. The van der Waals surface area contributed by atoms with Gasteiger partial charge in [0, 0.05) is 11.0 Å². The summed E-state index contributed by atoms with van der Waals surface area (Å²) in [6.07, 6.45) is 2.68. The lowest BCUT2D eigenvalue weighted by Crippen LogP contribution is -2.83. The van der Waals surface area contributed by atoms with E-state index in [4.69, 9.17) is 9.47 Å². The van der Waals surface area contributed by atoms with Crippen molar-refractivity contribution in [3.05, 3.63) is 28.3 Å². The summed E-state index contributed by atoms with van der Waals surface area (Å²) in [7, 11) is 3.06. The van der Waals surface area contributed by atoms with E-state index in [0.717, 1.165) is 0 Å². The zero-order valence-electron chi connectivity index (χ0n) is 13.5. The fourth-order valence-corrected chi connectivity index (χ4v) is 1.54. The molecule has 0 aliphatic heterocycles. The van der Waals surface area contributed by atoms with Crippen molar-refractivity contribution < 1.29 is 19.4 Å². The maximum Gasteiger partial charge on any atom is 0.322 e. The molecule has 1 aromatic rings. The molecule has 0 saturated heterocycles. The first-order valence-corrected chi connectivity index (χ1v) is 6.77. The number of rotatable bonds is 6. The molecule has 1 N–H and O–H groups in total. The first-order valence-electron chi connectivity index (χ1n) is 6.77. The maximum atomic E-state index is 11.1. The van der Waals surface area contributed by atoms with Crippen LogP contribution in [0.2, 0.25) is 0 Å². The third kappa shape index (κ3) is 5.51. The van der Waals surface area contributed by atoms with Crippen molar-refractivity contribution in [1.29, 1.82) is 0 Å². The molecule has 0 saturated carbocycles. The molecule has 0 aliphatic carbocycles. The SMILES string of the molecule is COc1ccc(N=C[C@@H](C=[NH+]C(C)(C)C)[N+](=O)[O-])c(OC)c1. The van der Waals surface area contributed by atoms with Crippen LogP contribution in [0, 0.1) is 10.1 Å². The Morgan fingerprint density at radius 3 is 2.50 bits per heavy atom. The van der Waals surface area contributed by atoms with Gasteiger partial charge in [0.05, 0.1) is 20.4 Å². The van der Waals surface area contributed by atoms with Crippen LogP contribution in [0.15, 0.2) is 23.2 Å². The van der Waals surface area contributed by atoms with E-state index in [0.29, 0.717) is 17.2 Å². The van der Waals surface area contributed by atoms with Crippen molar-refractivity contribution >= 4 is 18.1 Å². The minimum absolute atomic E-state index is 0.250. The molecule has 7 nitrogen and oxygen atoms in total. The molecule has 0 unspecified atom stereocenters. The number of nitro groups is 1. The van der Waals surface area contributed by atoms with Gasteiger partial charge in [-0.25, -0.2) is 9.98 Å². The number of methoxy groups -OCH3 is 2. The quantitative estimate of drug-likeness (QED) is 0.482. The Bertz CT molecular complexity index is 577. The zero-order chi connectivity index (χ0) is 16.8. The second kappa shape index (κ2) is 7.53. The van der Waals surface area contributed by atoms with E-state index in [1.165, 1.54) is 19.5 Å². The molecule has 0 radical (unpaired) electrons. The Labute approximate surface area is 129 Å². The van der Waals surface area contributed by atoms with Crippen molar-refractivity contribution in [2.45, 2.75) is 32.4 Å². The minimum Gasteiger partial charge on any atom is -0.497 e. The molecule has 0 bridgehead atoms.